The largest absolute Gasteiger partial charge is 0.358 e. The van der Waals surface area contributed by atoms with Crippen LogP contribution < -0.4 is 5.32 Å². The molecule has 0 spiro atoms. The number of amides is 1. The van der Waals surface area contributed by atoms with Crippen LogP contribution in [-0.4, -0.2) is 34.5 Å². The Morgan fingerprint density at radius 3 is 2.44 bits per heavy atom. The normalized spacial score (nSPS) is 11.9. The molecule has 0 aromatic heterocycles. The Morgan fingerprint density at radius 2 is 1.89 bits per heavy atom. The first-order valence-electron chi connectivity index (χ1n) is 4.98. The molecule has 0 aliphatic rings. The first-order chi connectivity index (χ1) is 8.43. The van der Waals surface area contributed by atoms with Gasteiger partial charge in [-0.15, -0.1) is 0 Å². The molecule has 1 rings (SSSR count). The predicted octanol–water partition coefficient (Wildman–Crippen LogP) is 0.642. The number of ketones is 1. The molecule has 4 nitrogen and oxygen atoms in total. The summed E-state index contributed by atoms with van der Waals surface area (Å²) in [4.78, 5) is 22.5. The molecule has 0 aliphatic heterocycles. The van der Waals surface area contributed by atoms with Crippen molar-refractivity contribution in [3.8, 4) is 0 Å². The zero-order valence-corrected chi connectivity index (χ0v) is 10.4. The third-order valence-corrected chi connectivity index (χ3v) is 3.27. The van der Waals surface area contributed by atoms with Crippen molar-refractivity contribution in [2.45, 2.75) is 0 Å². The highest BCUT2D eigenvalue weighted by molar-refractivity contribution is 7.86. The fourth-order valence-electron chi connectivity index (χ4n) is 1.17. The lowest BCUT2D eigenvalue weighted by Crippen LogP contribution is -2.27. The number of carbonyl (C=O) groups is 2. The van der Waals surface area contributed by atoms with Crippen LogP contribution in [0.25, 0.3) is 0 Å². The number of carbonyl (C=O) groups excluding carboxylic acids is 2. The number of nitrogens with one attached hydrogen (secondary N) is 1. The zero-order chi connectivity index (χ0) is 13.7. The monoisotopic (exact) mass is 275 g/mol. The molecule has 0 saturated carbocycles. The van der Waals surface area contributed by atoms with Crippen molar-refractivity contribution in [3.63, 3.8) is 0 Å². The van der Waals surface area contributed by atoms with Crippen molar-refractivity contribution < 1.29 is 22.6 Å². The van der Waals surface area contributed by atoms with Crippen LogP contribution in [0.3, 0.4) is 0 Å². The summed E-state index contributed by atoms with van der Waals surface area (Å²) in [6.07, 6.45) is 0. The maximum atomic E-state index is 12.9. The Kier molecular flexibility index (Phi) is 5.08. The van der Waals surface area contributed by atoms with E-state index in [1.54, 1.807) is 0 Å². The van der Waals surface area contributed by atoms with E-state index in [4.69, 9.17) is 0 Å². The van der Waals surface area contributed by atoms with Crippen LogP contribution in [0.15, 0.2) is 18.2 Å². The Bertz CT molecular complexity index is 505. The van der Waals surface area contributed by atoms with Crippen molar-refractivity contribution in [2.24, 2.45) is 0 Å². The minimum Gasteiger partial charge on any atom is -0.358 e. The molecule has 1 aromatic rings. The average Bonchev–Trinajstić information content (AvgIpc) is 2.32. The van der Waals surface area contributed by atoms with Gasteiger partial charge in [-0.25, -0.2) is 8.78 Å². The molecular formula is C11H11F2NO3S. The van der Waals surface area contributed by atoms with Crippen LogP contribution in [-0.2, 0) is 15.6 Å². The van der Waals surface area contributed by atoms with E-state index >= 15 is 0 Å². The molecule has 0 fully saturated rings. The van der Waals surface area contributed by atoms with E-state index < -0.39 is 39.9 Å². The van der Waals surface area contributed by atoms with Crippen molar-refractivity contribution in [1.82, 2.24) is 5.32 Å². The Balaban J connectivity index is 2.68. The minimum absolute atomic E-state index is 0.0702. The summed E-state index contributed by atoms with van der Waals surface area (Å²) in [5, 5.41) is 2.27. The maximum absolute atomic E-state index is 12.9. The molecule has 0 bridgehead atoms. The van der Waals surface area contributed by atoms with Gasteiger partial charge in [0.15, 0.2) is 17.4 Å². The fourth-order valence-corrected chi connectivity index (χ4v) is 2.17. The van der Waals surface area contributed by atoms with Crippen LogP contribution in [0, 0.1) is 11.6 Å². The van der Waals surface area contributed by atoms with E-state index in [0.29, 0.717) is 0 Å². The second-order valence-corrected chi connectivity index (χ2v) is 4.91. The second-order valence-electron chi connectivity index (χ2n) is 3.45. The van der Waals surface area contributed by atoms with Gasteiger partial charge in [0.05, 0.1) is 5.75 Å². The standard InChI is InChI=1S/C11H11F2NO3S/c1-14-11(16)6-18(17)5-10(15)7-2-3-8(12)9(13)4-7/h2-4H,5-6H2,1H3,(H,14,16). The number of Topliss-reactive ketones (excluding diaryl/α,β-unsaturated/α-hetero) is 1. The molecule has 1 aromatic carbocycles. The maximum Gasteiger partial charge on any atom is 0.232 e. The van der Waals surface area contributed by atoms with Crippen LogP contribution >= 0.6 is 0 Å². The van der Waals surface area contributed by atoms with Gasteiger partial charge in [-0.2, -0.15) is 0 Å². The molecule has 0 aliphatic carbocycles. The molecule has 0 saturated heterocycles. The number of hydrogen-bond acceptors (Lipinski definition) is 3. The molecule has 98 valence electrons. The lowest BCUT2D eigenvalue weighted by Gasteiger charge is -2.02. The highest BCUT2D eigenvalue weighted by atomic mass is 32.2. The quantitative estimate of drug-likeness (QED) is 0.802. The van der Waals surface area contributed by atoms with Crippen LogP contribution in [0.1, 0.15) is 10.4 Å². The third-order valence-electron chi connectivity index (χ3n) is 2.10. The first-order valence-corrected chi connectivity index (χ1v) is 6.46. The van der Waals surface area contributed by atoms with Crippen molar-refractivity contribution in [3.05, 3.63) is 35.4 Å². The molecule has 7 heteroatoms. The minimum atomic E-state index is -1.67. The predicted molar refractivity (Wildman–Crippen MR) is 62.6 cm³/mol. The third kappa shape index (κ3) is 3.99. The van der Waals surface area contributed by atoms with Crippen molar-refractivity contribution >= 4 is 22.5 Å². The van der Waals surface area contributed by atoms with Crippen molar-refractivity contribution in [1.29, 1.82) is 0 Å². The lowest BCUT2D eigenvalue weighted by atomic mass is 10.1. The van der Waals surface area contributed by atoms with Gasteiger partial charge in [-0.1, -0.05) is 0 Å². The SMILES string of the molecule is CNC(=O)CS(=O)CC(=O)c1ccc(F)c(F)c1. The van der Waals surface area contributed by atoms with Crippen molar-refractivity contribution in [2.75, 3.05) is 18.6 Å². The first kappa shape index (κ1) is 14.4. The van der Waals surface area contributed by atoms with Gasteiger partial charge in [0, 0.05) is 23.4 Å². The van der Waals surface area contributed by atoms with Gasteiger partial charge < -0.3 is 5.32 Å². The molecule has 18 heavy (non-hydrogen) atoms. The molecule has 1 unspecified atom stereocenters. The molecule has 1 amide bonds. The Hall–Kier alpha value is -1.63. The van der Waals surface area contributed by atoms with E-state index in [2.05, 4.69) is 5.32 Å². The summed E-state index contributed by atoms with van der Waals surface area (Å²) in [6.45, 7) is 0. The van der Waals surface area contributed by atoms with Gasteiger partial charge in [0.1, 0.15) is 5.75 Å². The van der Waals surface area contributed by atoms with E-state index in [9.17, 15) is 22.6 Å². The molecular weight excluding hydrogens is 264 g/mol. The van der Waals surface area contributed by atoms with E-state index in [1.807, 2.05) is 0 Å². The van der Waals surface area contributed by atoms with Crippen LogP contribution in [0.4, 0.5) is 8.78 Å². The summed E-state index contributed by atoms with van der Waals surface area (Å²) >= 11 is 0. The molecule has 1 atom stereocenters. The van der Waals surface area contributed by atoms with Gasteiger partial charge in [-0.05, 0) is 18.2 Å². The van der Waals surface area contributed by atoms with E-state index in [0.717, 1.165) is 18.2 Å². The highest BCUT2D eigenvalue weighted by Gasteiger charge is 2.14. The van der Waals surface area contributed by atoms with E-state index in [1.165, 1.54) is 7.05 Å². The number of benzene rings is 1. The van der Waals surface area contributed by atoms with Gasteiger partial charge >= 0.3 is 0 Å². The summed E-state index contributed by atoms with van der Waals surface area (Å²) in [7, 11) is -0.285. The Morgan fingerprint density at radius 1 is 1.22 bits per heavy atom. The zero-order valence-electron chi connectivity index (χ0n) is 9.54. The fraction of sp³-hybridized carbons (Fsp3) is 0.273. The number of hydrogen-bond donors (Lipinski definition) is 1. The number of rotatable bonds is 5. The summed E-state index contributed by atoms with van der Waals surface area (Å²) in [6, 6.07) is 2.68. The topological polar surface area (TPSA) is 63.2 Å². The van der Waals surface area contributed by atoms with Crippen LogP contribution in [0.2, 0.25) is 0 Å². The van der Waals surface area contributed by atoms with Gasteiger partial charge in [0.2, 0.25) is 5.91 Å². The lowest BCUT2D eigenvalue weighted by molar-refractivity contribution is -0.118. The van der Waals surface area contributed by atoms with Crippen LogP contribution in [0.5, 0.6) is 0 Å². The molecule has 0 radical (unpaired) electrons. The summed E-state index contributed by atoms with van der Waals surface area (Å²) in [5.41, 5.74) is -0.0702. The smallest absolute Gasteiger partial charge is 0.232 e. The molecule has 1 N–H and O–H groups in total. The van der Waals surface area contributed by atoms with Gasteiger partial charge in [-0.3, -0.25) is 13.8 Å². The average molecular weight is 275 g/mol. The summed E-state index contributed by atoms with van der Waals surface area (Å²) in [5.74, 6) is -3.96. The second kappa shape index (κ2) is 6.34. The Labute approximate surface area is 105 Å². The highest BCUT2D eigenvalue weighted by Crippen LogP contribution is 2.09. The molecule has 0 heterocycles. The van der Waals surface area contributed by atoms with Gasteiger partial charge in [0.25, 0.3) is 0 Å². The van der Waals surface area contributed by atoms with E-state index in [-0.39, 0.29) is 11.3 Å². The summed E-state index contributed by atoms with van der Waals surface area (Å²) < 4.78 is 36.9. The number of halogens is 2.